The highest BCUT2D eigenvalue weighted by molar-refractivity contribution is 7.71. The number of H-pyrrole nitrogens is 1. The second-order valence-corrected chi connectivity index (χ2v) is 5.94. The third-order valence-electron chi connectivity index (χ3n) is 4.02. The number of nitro benzene ring substituents is 1. The molecule has 0 fully saturated rings. The Kier molecular flexibility index (Phi) is 4.82. The number of non-ortho nitro benzene ring substituents is 1. The molecule has 0 saturated carbocycles. The molecule has 3 aromatic rings. The van der Waals surface area contributed by atoms with Gasteiger partial charge in [0.05, 0.1) is 28.7 Å². The number of ether oxygens (including phenoxy) is 1. The molecule has 0 aliphatic heterocycles. The van der Waals surface area contributed by atoms with Gasteiger partial charge >= 0.3 is 5.97 Å². The monoisotopic (exact) mass is 386 g/mol. The van der Waals surface area contributed by atoms with Gasteiger partial charge in [-0.05, 0) is 25.2 Å². The molecule has 0 bridgehead atoms. The van der Waals surface area contributed by atoms with Crippen molar-refractivity contribution < 1.29 is 14.5 Å². The Bertz CT molecular complexity index is 1200. The number of hydrogen-bond acceptors (Lipinski definition) is 7. The number of nitro groups is 1. The van der Waals surface area contributed by atoms with Crippen LogP contribution in [0.3, 0.4) is 0 Å². The molecule has 0 amide bonds. The van der Waals surface area contributed by atoms with E-state index in [1.165, 1.54) is 31.4 Å². The van der Waals surface area contributed by atoms with E-state index in [1.807, 2.05) is 6.92 Å². The van der Waals surface area contributed by atoms with Gasteiger partial charge in [0.15, 0.2) is 4.77 Å². The standard InChI is InChI=1S/C17H14N4O5S/c1-3-20-14-13(15(22)19-17(20)27)11(16(23)26-2)8-12(18-14)9-5-4-6-10(7-9)21(24)25/h4-8H,3H2,1-2H3,(H,19,22,27). The van der Waals surface area contributed by atoms with Crippen molar-refractivity contribution in [3.05, 3.63) is 61.1 Å². The van der Waals surface area contributed by atoms with Gasteiger partial charge in [0.25, 0.3) is 11.2 Å². The topological polar surface area (TPSA) is 120 Å². The fourth-order valence-corrected chi connectivity index (χ4v) is 3.07. The second-order valence-electron chi connectivity index (χ2n) is 5.56. The number of hydrogen-bond donors (Lipinski definition) is 1. The Morgan fingerprint density at radius 2 is 2.15 bits per heavy atom. The van der Waals surface area contributed by atoms with Crippen LogP contribution in [-0.2, 0) is 11.3 Å². The highest BCUT2D eigenvalue weighted by atomic mass is 32.1. The number of aromatic nitrogens is 3. The summed E-state index contributed by atoms with van der Waals surface area (Å²) in [6.45, 7) is 2.21. The van der Waals surface area contributed by atoms with E-state index in [1.54, 1.807) is 10.6 Å². The molecular formula is C17H14N4O5S. The number of esters is 1. The summed E-state index contributed by atoms with van der Waals surface area (Å²) in [7, 11) is 1.20. The third kappa shape index (κ3) is 3.22. The van der Waals surface area contributed by atoms with Crippen LogP contribution in [0.1, 0.15) is 17.3 Å². The summed E-state index contributed by atoms with van der Waals surface area (Å²) in [6.07, 6.45) is 0. The summed E-state index contributed by atoms with van der Waals surface area (Å²) < 4.78 is 6.52. The van der Waals surface area contributed by atoms with Crippen molar-refractivity contribution in [1.29, 1.82) is 0 Å². The number of pyridine rings is 1. The molecule has 2 heterocycles. The third-order valence-corrected chi connectivity index (χ3v) is 4.35. The van der Waals surface area contributed by atoms with Crippen LogP contribution in [0.4, 0.5) is 5.69 Å². The van der Waals surface area contributed by atoms with E-state index in [-0.39, 0.29) is 32.7 Å². The summed E-state index contributed by atoms with van der Waals surface area (Å²) in [5.41, 5.74) is 0.238. The predicted octanol–water partition coefficient (Wildman–Crippen LogP) is 2.84. The van der Waals surface area contributed by atoms with E-state index in [9.17, 15) is 19.7 Å². The Labute approximate surface area is 157 Å². The van der Waals surface area contributed by atoms with Gasteiger partial charge < -0.3 is 9.30 Å². The molecule has 0 aliphatic carbocycles. The van der Waals surface area contributed by atoms with Gasteiger partial charge in [-0.2, -0.15) is 0 Å². The van der Waals surface area contributed by atoms with Crippen molar-refractivity contribution in [2.75, 3.05) is 7.11 Å². The van der Waals surface area contributed by atoms with Gasteiger partial charge in [-0.3, -0.25) is 19.9 Å². The number of rotatable bonds is 4. The van der Waals surface area contributed by atoms with E-state index >= 15 is 0 Å². The maximum atomic E-state index is 12.4. The molecule has 0 aliphatic rings. The number of nitrogens with one attached hydrogen (secondary N) is 1. The lowest BCUT2D eigenvalue weighted by molar-refractivity contribution is -0.384. The number of aromatic amines is 1. The molecule has 9 nitrogen and oxygen atoms in total. The second kappa shape index (κ2) is 7.08. The lowest BCUT2D eigenvalue weighted by Crippen LogP contribution is -2.19. The molecule has 3 rings (SSSR count). The van der Waals surface area contributed by atoms with Crippen LogP contribution in [0, 0.1) is 14.9 Å². The minimum Gasteiger partial charge on any atom is -0.465 e. The zero-order valence-electron chi connectivity index (χ0n) is 14.4. The summed E-state index contributed by atoms with van der Waals surface area (Å²) in [5.74, 6) is -0.723. The van der Waals surface area contributed by atoms with Crippen LogP contribution in [-0.4, -0.2) is 32.5 Å². The summed E-state index contributed by atoms with van der Waals surface area (Å²) >= 11 is 5.18. The van der Waals surface area contributed by atoms with Crippen LogP contribution < -0.4 is 5.56 Å². The van der Waals surface area contributed by atoms with Crippen LogP contribution in [0.2, 0.25) is 0 Å². The number of benzene rings is 1. The van der Waals surface area contributed by atoms with E-state index in [0.717, 1.165) is 0 Å². The SMILES string of the molecule is CCn1c(=S)[nH]c(=O)c2c(C(=O)OC)cc(-c3cccc([N+](=O)[O-])c3)nc21. The minimum absolute atomic E-state index is 0.00227. The van der Waals surface area contributed by atoms with Gasteiger partial charge in [0, 0.05) is 24.2 Å². The quantitative estimate of drug-likeness (QED) is 0.317. The molecule has 1 aromatic carbocycles. The first-order valence-corrected chi connectivity index (χ1v) is 8.29. The predicted molar refractivity (Wildman–Crippen MR) is 100 cm³/mol. The number of nitrogens with zero attached hydrogens (tertiary/aromatic N) is 3. The molecule has 27 heavy (non-hydrogen) atoms. The molecule has 138 valence electrons. The molecule has 0 spiro atoms. The minimum atomic E-state index is -0.723. The van der Waals surface area contributed by atoms with Crippen molar-refractivity contribution >= 4 is 34.9 Å². The Hall–Kier alpha value is -3.40. The molecule has 0 atom stereocenters. The van der Waals surface area contributed by atoms with Gasteiger partial charge in [0.1, 0.15) is 5.65 Å². The maximum Gasteiger partial charge on any atom is 0.338 e. The Balaban J connectivity index is 2.44. The first kappa shape index (κ1) is 18.4. The fraction of sp³-hybridized carbons (Fsp3) is 0.176. The average Bonchev–Trinajstić information content (AvgIpc) is 2.66. The van der Waals surface area contributed by atoms with E-state index in [4.69, 9.17) is 17.0 Å². The lowest BCUT2D eigenvalue weighted by atomic mass is 10.1. The number of methoxy groups -OCH3 is 1. The highest BCUT2D eigenvalue weighted by Gasteiger charge is 2.20. The number of aryl methyl sites for hydroxylation is 1. The Morgan fingerprint density at radius 1 is 1.41 bits per heavy atom. The molecule has 1 N–H and O–H groups in total. The fourth-order valence-electron chi connectivity index (χ4n) is 2.77. The maximum absolute atomic E-state index is 12.4. The van der Waals surface area contributed by atoms with Gasteiger partial charge in [-0.1, -0.05) is 12.1 Å². The van der Waals surface area contributed by atoms with Crippen molar-refractivity contribution in [2.45, 2.75) is 13.5 Å². The van der Waals surface area contributed by atoms with Crippen molar-refractivity contribution in [2.24, 2.45) is 0 Å². The van der Waals surface area contributed by atoms with Crippen molar-refractivity contribution in [1.82, 2.24) is 14.5 Å². The van der Waals surface area contributed by atoms with E-state index in [2.05, 4.69) is 9.97 Å². The lowest BCUT2D eigenvalue weighted by Gasteiger charge is -2.12. The molecular weight excluding hydrogens is 372 g/mol. The van der Waals surface area contributed by atoms with E-state index < -0.39 is 16.5 Å². The highest BCUT2D eigenvalue weighted by Crippen LogP contribution is 2.26. The van der Waals surface area contributed by atoms with E-state index in [0.29, 0.717) is 12.1 Å². The van der Waals surface area contributed by atoms with Crippen molar-refractivity contribution in [3.63, 3.8) is 0 Å². The number of carbonyl (C=O) groups is 1. The zero-order chi connectivity index (χ0) is 19.7. The molecule has 0 unspecified atom stereocenters. The summed E-state index contributed by atoms with van der Waals surface area (Å²) in [5, 5.41) is 11.1. The van der Waals surface area contributed by atoms with Crippen LogP contribution in [0.15, 0.2) is 35.1 Å². The van der Waals surface area contributed by atoms with Crippen LogP contribution in [0.5, 0.6) is 0 Å². The first-order valence-electron chi connectivity index (χ1n) is 7.88. The normalized spacial score (nSPS) is 10.7. The summed E-state index contributed by atoms with van der Waals surface area (Å²) in [4.78, 5) is 42.2. The average molecular weight is 386 g/mol. The van der Waals surface area contributed by atoms with Gasteiger partial charge in [0.2, 0.25) is 0 Å². The van der Waals surface area contributed by atoms with Gasteiger partial charge in [-0.25, -0.2) is 9.78 Å². The zero-order valence-corrected chi connectivity index (χ0v) is 15.2. The first-order chi connectivity index (χ1) is 12.9. The van der Waals surface area contributed by atoms with Gasteiger partial charge in [-0.15, -0.1) is 0 Å². The van der Waals surface area contributed by atoms with Crippen molar-refractivity contribution in [3.8, 4) is 11.3 Å². The number of carbonyl (C=O) groups excluding carboxylic acids is 1. The molecule has 2 aromatic heterocycles. The van der Waals surface area contributed by atoms with Crippen LogP contribution >= 0.6 is 12.2 Å². The molecule has 10 heteroatoms. The van der Waals surface area contributed by atoms with Crippen LogP contribution in [0.25, 0.3) is 22.3 Å². The molecule has 0 saturated heterocycles. The largest absolute Gasteiger partial charge is 0.465 e. The Morgan fingerprint density at radius 3 is 2.78 bits per heavy atom. The number of fused-ring (bicyclic) bond motifs is 1. The molecule has 0 radical (unpaired) electrons. The summed E-state index contributed by atoms with van der Waals surface area (Å²) in [6, 6.07) is 7.21. The smallest absolute Gasteiger partial charge is 0.338 e.